The van der Waals surface area contributed by atoms with E-state index in [-0.39, 0.29) is 5.91 Å². The zero-order valence-electron chi connectivity index (χ0n) is 17.8. The van der Waals surface area contributed by atoms with Crippen molar-refractivity contribution in [3.05, 3.63) is 63.1 Å². The van der Waals surface area contributed by atoms with Crippen LogP contribution in [0.4, 0.5) is 0 Å². The lowest BCUT2D eigenvalue weighted by atomic mass is 9.93. The van der Waals surface area contributed by atoms with Crippen LogP contribution in [-0.2, 0) is 6.42 Å². The first-order valence-corrected chi connectivity index (χ1v) is 10.0. The van der Waals surface area contributed by atoms with Crippen LogP contribution in [0.25, 0.3) is 5.65 Å². The molecule has 5 heteroatoms. The molecule has 3 rings (SSSR count). The lowest BCUT2D eigenvalue weighted by molar-refractivity contribution is 0.0954. The number of nitrogens with zero attached hydrogens (tertiary/aromatic N) is 3. The number of hydrogen-bond acceptors (Lipinski definition) is 3. The Balaban J connectivity index is 1.99. The molecule has 2 heterocycles. The summed E-state index contributed by atoms with van der Waals surface area (Å²) in [5.41, 5.74) is 9.54. The van der Waals surface area contributed by atoms with E-state index in [1.165, 1.54) is 27.8 Å². The third-order valence-electron chi connectivity index (χ3n) is 5.46. The van der Waals surface area contributed by atoms with Gasteiger partial charge in [0.25, 0.3) is 5.91 Å². The zero-order valence-corrected chi connectivity index (χ0v) is 17.8. The molecular weight excluding hydrogens is 348 g/mol. The molecule has 1 amide bonds. The first-order valence-electron chi connectivity index (χ1n) is 10.0. The second-order valence-corrected chi connectivity index (χ2v) is 7.72. The highest BCUT2D eigenvalue weighted by molar-refractivity contribution is 5.99. The Hall–Kier alpha value is -2.69. The normalized spacial score (nSPS) is 11.2. The number of aryl methyl sites for hydroxylation is 5. The number of aromatic nitrogens is 3. The summed E-state index contributed by atoms with van der Waals surface area (Å²) in [4.78, 5) is 17.3. The highest BCUT2D eigenvalue weighted by atomic mass is 16.1. The van der Waals surface area contributed by atoms with Crippen molar-refractivity contribution in [1.29, 1.82) is 0 Å². The number of rotatable bonds is 6. The van der Waals surface area contributed by atoms with Crippen LogP contribution in [0.15, 0.2) is 18.3 Å². The van der Waals surface area contributed by atoms with Crippen LogP contribution in [0.2, 0.25) is 0 Å². The summed E-state index contributed by atoms with van der Waals surface area (Å²) in [6, 6.07) is 4.46. The van der Waals surface area contributed by atoms with Crippen LogP contribution in [0, 0.1) is 34.6 Å². The van der Waals surface area contributed by atoms with Crippen LogP contribution < -0.4 is 5.32 Å². The van der Waals surface area contributed by atoms with Crippen molar-refractivity contribution in [3.63, 3.8) is 0 Å². The molecule has 5 nitrogen and oxygen atoms in total. The average Bonchev–Trinajstić information content (AvgIpc) is 3.04. The molecule has 0 aliphatic heterocycles. The summed E-state index contributed by atoms with van der Waals surface area (Å²) in [5.74, 6) is -0.104. The van der Waals surface area contributed by atoms with E-state index in [1.54, 1.807) is 10.7 Å². The topological polar surface area (TPSA) is 59.3 Å². The van der Waals surface area contributed by atoms with Gasteiger partial charge in [0.2, 0.25) is 0 Å². The summed E-state index contributed by atoms with van der Waals surface area (Å²) >= 11 is 0. The molecule has 0 saturated heterocycles. The second-order valence-electron chi connectivity index (χ2n) is 7.72. The maximum atomic E-state index is 12.5. The van der Waals surface area contributed by atoms with Crippen molar-refractivity contribution in [2.45, 2.75) is 60.8 Å². The predicted octanol–water partition coefficient (Wildman–Crippen LogP) is 4.39. The quantitative estimate of drug-likeness (QED) is 0.647. The molecule has 3 aromatic rings. The lowest BCUT2D eigenvalue weighted by Crippen LogP contribution is -2.24. The fourth-order valence-corrected chi connectivity index (χ4v) is 3.87. The molecule has 0 aliphatic carbocycles. The summed E-state index contributed by atoms with van der Waals surface area (Å²) < 4.78 is 1.80. The first kappa shape index (κ1) is 20.1. The lowest BCUT2D eigenvalue weighted by Gasteiger charge is -2.15. The molecule has 0 saturated carbocycles. The standard InChI is InChI=1S/C23H30N4O/c1-7-8-9-24-23(28)21-13-25-27-18(6)20(17(5)26-22(21)27)12-19-15(3)10-14(2)11-16(19)4/h10-11,13H,7-9,12H2,1-6H3,(H,24,28). The van der Waals surface area contributed by atoms with Crippen LogP contribution in [0.1, 0.15) is 69.3 Å². The minimum atomic E-state index is -0.104. The van der Waals surface area contributed by atoms with Crippen LogP contribution >= 0.6 is 0 Å². The molecule has 0 fully saturated rings. The van der Waals surface area contributed by atoms with Crippen LogP contribution in [-0.4, -0.2) is 27.0 Å². The molecular formula is C23H30N4O. The number of hydrogen-bond donors (Lipinski definition) is 1. The van der Waals surface area contributed by atoms with Gasteiger partial charge in [-0.15, -0.1) is 0 Å². The van der Waals surface area contributed by atoms with E-state index < -0.39 is 0 Å². The number of nitrogens with one attached hydrogen (secondary N) is 1. The highest BCUT2D eigenvalue weighted by Crippen LogP contribution is 2.24. The highest BCUT2D eigenvalue weighted by Gasteiger charge is 2.19. The Morgan fingerprint density at radius 1 is 1.07 bits per heavy atom. The van der Waals surface area contributed by atoms with Gasteiger partial charge < -0.3 is 5.32 Å². The van der Waals surface area contributed by atoms with Crippen molar-refractivity contribution >= 4 is 11.6 Å². The first-order chi connectivity index (χ1) is 13.3. The van der Waals surface area contributed by atoms with Gasteiger partial charge in [-0.05, 0) is 63.3 Å². The summed E-state index contributed by atoms with van der Waals surface area (Å²) in [6.45, 7) is 13.3. The summed E-state index contributed by atoms with van der Waals surface area (Å²) in [7, 11) is 0. The molecule has 0 radical (unpaired) electrons. The Kier molecular flexibility index (Phi) is 5.82. The van der Waals surface area contributed by atoms with Crippen molar-refractivity contribution in [1.82, 2.24) is 19.9 Å². The van der Waals surface area contributed by atoms with E-state index in [9.17, 15) is 4.79 Å². The van der Waals surface area contributed by atoms with Gasteiger partial charge in [-0.2, -0.15) is 5.10 Å². The molecule has 0 bridgehead atoms. The fourth-order valence-electron chi connectivity index (χ4n) is 3.87. The second kappa shape index (κ2) is 8.13. The Bertz CT molecular complexity index is 1010. The van der Waals surface area contributed by atoms with Crippen LogP contribution in [0.3, 0.4) is 0 Å². The minimum absolute atomic E-state index is 0.104. The van der Waals surface area contributed by atoms with Crippen molar-refractivity contribution in [2.75, 3.05) is 6.54 Å². The van der Waals surface area contributed by atoms with E-state index in [0.29, 0.717) is 17.8 Å². The number of carbonyl (C=O) groups excluding carboxylic acids is 1. The maximum absolute atomic E-state index is 12.5. The van der Waals surface area contributed by atoms with Gasteiger partial charge in [0.15, 0.2) is 5.65 Å². The van der Waals surface area contributed by atoms with Crippen molar-refractivity contribution in [3.8, 4) is 0 Å². The van der Waals surface area contributed by atoms with E-state index in [2.05, 4.69) is 57.2 Å². The smallest absolute Gasteiger partial charge is 0.256 e. The van der Waals surface area contributed by atoms with E-state index in [1.807, 2.05) is 6.92 Å². The molecule has 2 aromatic heterocycles. The Labute approximate surface area is 167 Å². The fraction of sp³-hybridized carbons (Fsp3) is 0.435. The molecule has 0 spiro atoms. The van der Waals surface area contributed by atoms with E-state index >= 15 is 0 Å². The predicted molar refractivity (Wildman–Crippen MR) is 113 cm³/mol. The van der Waals surface area contributed by atoms with Crippen LogP contribution in [0.5, 0.6) is 0 Å². The Morgan fingerprint density at radius 2 is 1.75 bits per heavy atom. The number of unbranched alkanes of at least 4 members (excludes halogenated alkanes) is 1. The maximum Gasteiger partial charge on any atom is 0.256 e. The van der Waals surface area contributed by atoms with Gasteiger partial charge in [0, 0.05) is 24.4 Å². The van der Waals surface area contributed by atoms with Gasteiger partial charge in [-0.3, -0.25) is 4.79 Å². The molecule has 0 aliphatic rings. The molecule has 0 unspecified atom stereocenters. The molecule has 1 N–H and O–H groups in total. The molecule has 28 heavy (non-hydrogen) atoms. The summed E-state index contributed by atoms with van der Waals surface area (Å²) in [6.07, 6.45) is 4.46. The average molecular weight is 379 g/mol. The molecule has 1 aromatic carbocycles. The van der Waals surface area contributed by atoms with Gasteiger partial charge >= 0.3 is 0 Å². The summed E-state index contributed by atoms with van der Waals surface area (Å²) in [5, 5.41) is 7.42. The van der Waals surface area contributed by atoms with Gasteiger partial charge in [0.05, 0.1) is 6.20 Å². The SMILES string of the molecule is CCCCNC(=O)c1cnn2c(C)c(Cc3c(C)cc(C)cc3C)c(C)nc12. The van der Waals surface area contributed by atoms with Crippen molar-refractivity contribution < 1.29 is 4.79 Å². The molecule has 148 valence electrons. The van der Waals surface area contributed by atoms with Crippen molar-refractivity contribution in [2.24, 2.45) is 0 Å². The Morgan fingerprint density at radius 3 is 2.39 bits per heavy atom. The van der Waals surface area contributed by atoms with E-state index in [0.717, 1.165) is 30.7 Å². The van der Waals surface area contributed by atoms with Gasteiger partial charge in [-0.1, -0.05) is 31.0 Å². The number of fused-ring (bicyclic) bond motifs is 1. The largest absolute Gasteiger partial charge is 0.352 e. The zero-order chi connectivity index (χ0) is 20.4. The minimum Gasteiger partial charge on any atom is -0.352 e. The van der Waals surface area contributed by atoms with E-state index in [4.69, 9.17) is 4.98 Å². The monoisotopic (exact) mass is 378 g/mol. The molecule has 0 atom stereocenters. The van der Waals surface area contributed by atoms with Gasteiger partial charge in [-0.25, -0.2) is 9.50 Å². The third-order valence-corrected chi connectivity index (χ3v) is 5.46. The third kappa shape index (κ3) is 3.79. The van der Waals surface area contributed by atoms with Gasteiger partial charge in [0.1, 0.15) is 5.56 Å². The number of benzene rings is 1. The number of amides is 1. The number of carbonyl (C=O) groups is 1.